The van der Waals surface area contributed by atoms with Crippen LogP contribution >= 0.6 is 0 Å². The van der Waals surface area contributed by atoms with Crippen LogP contribution in [0, 0.1) is 5.92 Å². The van der Waals surface area contributed by atoms with Crippen LogP contribution in [0.25, 0.3) is 0 Å². The molecule has 0 saturated carbocycles. The van der Waals surface area contributed by atoms with Gasteiger partial charge >= 0.3 is 13.1 Å². The summed E-state index contributed by atoms with van der Waals surface area (Å²) in [5.41, 5.74) is 0.740. The average molecular weight is 278 g/mol. The first-order chi connectivity index (χ1) is 9.42. The number of ether oxygens (including phenoxy) is 1. The molecule has 2 aliphatic rings. The Kier molecular flexibility index (Phi) is 4.58. The minimum Gasteiger partial charge on any atom is -0.534 e. The molecule has 4 nitrogen and oxygen atoms in total. The van der Waals surface area contributed by atoms with Gasteiger partial charge in [-0.25, -0.2) is 0 Å². The van der Waals surface area contributed by atoms with Gasteiger partial charge in [0.05, 0.1) is 12.4 Å². The van der Waals surface area contributed by atoms with Gasteiger partial charge < -0.3 is 14.0 Å². The van der Waals surface area contributed by atoms with Crippen molar-refractivity contribution in [1.29, 1.82) is 0 Å². The lowest BCUT2D eigenvalue weighted by Crippen LogP contribution is -2.27. The fourth-order valence-corrected chi connectivity index (χ4v) is 2.54. The molecule has 110 valence electrons. The Hall–Kier alpha value is -1.23. The summed E-state index contributed by atoms with van der Waals surface area (Å²) in [6, 6.07) is 0. The van der Waals surface area contributed by atoms with E-state index in [4.69, 9.17) is 14.0 Å². The van der Waals surface area contributed by atoms with Crippen LogP contribution < -0.4 is 0 Å². The summed E-state index contributed by atoms with van der Waals surface area (Å²) >= 11 is 0. The fourth-order valence-electron chi connectivity index (χ4n) is 2.54. The van der Waals surface area contributed by atoms with Crippen LogP contribution in [0.3, 0.4) is 0 Å². The highest BCUT2D eigenvalue weighted by atomic mass is 16.7. The van der Waals surface area contributed by atoms with Gasteiger partial charge in [0.15, 0.2) is 0 Å². The molecule has 0 radical (unpaired) electrons. The van der Waals surface area contributed by atoms with Gasteiger partial charge in [0.1, 0.15) is 5.60 Å². The Bertz CT molecular complexity index is 428. The zero-order valence-electron chi connectivity index (χ0n) is 12.6. The molecule has 0 aromatic carbocycles. The number of rotatable bonds is 4. The second-order valence-corrected chi connectivity index (χ2v) is 5.93. The van der Waals surface area contributed by atoms with Crippen LogP contribution in [0.4, 0.5) is 0 Å². The van der Waals surface area contributed by atoms with E-state index in [0.717, 1.165) is 24.7 Å². The van der Waals surface area contributed by atoms with Crippen molar-refractivity contribution in [1.82, 2.24) is 0 Å². The van der Waals surface area contributed by atoms with Gasteiger partial charge in [0, 0.05) is 6.42 Å². The third kappa shape index (κ3) is 3.45. The van der Waals surface area contributed by atoms with Gasteiger partial charge in [-0.15, -0.1) is 0 Å². The van der Waals surface area contributed by atoms with Gasteiger partial charge in [-0.05, 0) is 51.4 Å². The highest BCUT2D eigenvalue weighted by Crippen LogP contribution is 2.36. The van der Waals surface area contributed by atoms with Crippen LogP contribution in [0.2, 0.25) is 0 Å². The summed E-state index contributed by atoms with van der Waals surface area (Å²) < 4.78 is 16.6. The molecule has 1 atom stereocenters. The van der Waals surface area contributed by atoms with Crippen molar-refractivity contribution >= 4 is 13.1 Å². The highest BCUT2D eigenvalue weighted by Gasteiger charge is 2.44. The predicted molar refractivity (Wildman–Crippen MR) is 77.8 cm³/mol. The van der Waals surface area contributed by atoms with Crippen molar-refractivity contribution in [2.45, 2.75) is 52.1 Å². The minimum atomic E-state index is -0.423. The SMILES string of the molecule is C=C1OB(C2=CCC(CC(=O)OCC)CC2)OC1(C)C. The van der Waals surface area contributed by atoms with Crippen LogP contribution in [-0.4, -0.2) is 25.3 Å². The molecule has 1 aliphatic heterocycles. The Labute approximate surface area is 121 Å². The number of carbonyl (C=O) groups is 1. The molecular weight excluding hydrogens is 255 g/mol. The molecule has 20 heavy (non-hydrogen) atoms. The zero-order chi connectivity index (χ0) is 14.8. The van der Waals surface area contributed by atoms with Crippen LogP contribution in [0.15, 0.2) is 23.9 Å². The van der Waals surface area contributed by atoms with Gasteiger partial charge in [-0.1, -0.05) is 12.7 Å². The fraction of sp³-hybridized carbons (Fsp3) is 0.667. The molecule has 1 fully saturated rings. The summed E-state index contributed by atoms with van der Waals surface area (Å²) in [6.07, 6.45) is 5.40. The van der Waals surface area contributed by atoms with E-state index >= 15 is 0 Å². The number of hydrogen-bond acceptors (Lipinski definition) is 4. The first-order valence-corrected chi connectivity index (χ1v) is 7.30. The lowest BCUT2D eigenvalue weighted by molar-refractivity contribution is -0.144. The van der Waals surface area contributed by atoms with Crippen LogP contribution in [-0.2, 0) is 18.8 Å². The van der Waals surface area contributed by atoms with E-state index in [0.29, 0.717) is 24.7 Å². The Morgan fingerprint density at radius 3 is 2.85 bits per heavy atom. The van der Waals surface area contributed by atoms with Crippen molar-refractivity contribution in [3.8, 4) is 0 Å². The normalized spacial score (nSPS) is 25.1. The zero-order valence-corrected chi connectivity index (χ0v) is 12.6. The molecule has 5 heteroatoms. The van der Waals surface area contributed by atoms with E-state index in [1.807, 2.05) is 20.8 Å². The van der Waals surface area contributed by atoms with E-state index in [1.165, 1.54) is 0 Å². The lowest BCUT2D eigenvalue weighted by Gasteiger charge is -2.22. The first kappa shape index (κ1) is 15.2. The van der Waals surface area contributed by atoms with E-state index < -0.39 is 5.60 Å². The maximum absolute atomic E-state index is 11.5. The maximum Gasteiger partial charge on any atom is 0.558 e. The molecule has 0 amide bonds. The van der Waals surface area contributed by atoms with Crippen LogP contribution in [0.5, 0.6) is 0 Å². The summed E-state index contributed by atoms with van der Waals surface area (Å²) in [5, 5.41) is 0. The van der Waals surface area contributed by atoms with Gasteiger partial charge in [0.2, 0.25) is 0 Å². The number of esters is 1. The minimum absolute atomic E-state index is 0.0998. The Balaban J connectivity index is 1.87. The first-order valence-electron chi connectivity index (χ1n) is 7.30. The molecule has 0 spiro atoms. The molecule has 1 heterocycles. The maximum atomic E-state index is 11.5. The quantitative estimate of drug-likeness (QED) is 0.585. The van der Waals surface area contributed by atoms with Gasteiger partial charge in [-0.3, -0.25) is 4.79 Å². The number of hydrogen-bond donors (Lipinski definition) is 0. The van der Waals surface area contributed by atoms with Crippen molar-refractivity contribution < 1.29 is 18.8 Å². The van der Waals surface area contributed by atoms with Crippen molar-refractivity contribution in [3.05, 3.63) is 23.9 Å². The molecule has 2 rings (SSSR count). The summed E-state index contributed by atoms with van der Waals surface area (Å²) in [5.74, 6) is 0.949. The average Bonchev–Trinajstić information content (AvgIpc) is 2.65. The van der Waals surface area contributed by atoms with Gasteiger partial charge in [0.25, 0.3) is 0 Å². The van der Waals surface area contributed by atoms with Crippen molar-refractivity contribution in [2.75, 3.05) is 6.61 Å². The molecular formula is C15H23BO4. The van der Waals surface area contributed by atoms with E-state index in [2.05, 4.69) is 12.7 Å². The lowest BCUT2D eigenvalue weighted by atomic mass is 9.70. The summed E-state index contributed by atoms with van der Waals surface area (Å²) in [7, 11) is -0.305. The molecule has 0 N–H and O–H groups in total. The second kappa shape index (κ2) is 6.04. The van der Waals surface area contributed by atoms with Crippen LogP contribution in [0.1, 0.15) is 46.5 Å². The largest absolute Gasteiger partial charge is 0.558 e. The number of allylic oxidation sites excluding steroid dienone is 2. The molecule has 0 aromatic rings. The molecule has 1 saturated heterocycles. The van der Waals surface area contributed by atoms with E-state index in [9.17, 15) is 4.79 Å². The summed E-state index contributed by atoms with van der Waals surface area (Å²) in [4.78, 5) is 11.5. The van der Waals surface area contributed by atoms with E-state index in [-0.39, 0.29) is 13.1 Å². The standard InChI is InChI=1S/C15H23BO4/c1-5-18-14(17)10-12-6-8-13(9-7-12)16-19-11(2)15(3,4)20-16/h8,12H,2,5-7,9-10H2,1,3-4H3. The van der Waals surface area contributed by atoms with Crippen molar-refractivity contribution in [3.63, 3.8) is 0 Å². The Morgan fingerprint density at radius 1 is 1.60 bits per heavy atom. The Morgan fingerprint density at radius 2 is 2.35 bits per heavy atom. The highest BCUT2D eigenvalue weighted by molar-refractivity contribution is 6.55. The topological polar surface area (TPSA) is 44.8 Å². The third-order valence-corrected chi connectivity index (χ3v) is 3.94. The third-order valence-electron chi connectivity index (χ3n) is 3.94. The monoisotopic (exact) mass is 278 g/mol. The second-order valence-electron chi connectivity index (χ2n) is 5.93. The molecule has 1 aliphatic carbocycles. The van der Waals surface area contributed by atoms with E-state index in [1.54, 1.807) is 0 Å². The molecule has 0 aromatic heterocycles. The summed E-state index contributed by atoms with van der Waals surface area (Å²) in [6.45, 7) is 10.1. The van der Waals surface area contributed by atoms with Crippen molar-refractivity contribution in [2.24, 2.45) is 5.92 Å². The molecule has 1 unspecified atom stereocenters. The molecule has 0 bridgehead atoms. The predicted octanol–water partition coefficient (Wildman–Crippen LogP) is 3.03. The van der Waals surface area contributed by atoms with Gasteiger partial charge in [-0.2, -0.15) is 0 Å². The number of carbonyl (C=O) groups excluding carboxylic acids is 1. The smallest absolute Gasteiger partial charge is 0.534 e.